The predicted octanol–water partition coefficient (Wildman–Crippen LogP) is 11.1. The fourth-order valence-electron chi connectivity index (χ4n) is 9.78. The van der Waals surface area contributed by atoms with Gasteiger partial charge in [0.05, 0.1) is 18.2 Å². The van der Waals surface area contributed by atoms with E-state index in [1.165, 1.54) is 44.1 Å². The third kappa shape index (κ3) is 11.6. The van der Waals surface area contributed by atoms with Gasteiger partial charge < -0.3 is 34.2 Å². The topological polar surface area (TPSA) is 110 Å². The lowest BCUT2D eigenvalue weighted by Crippen LogP contribution is -2.69. The number of hydrogen-bond donors (Lipinski definition) is 2. The molecule has 1 aliphatic heterocycles. The lowest BCUT2D eigenvalue weighted by molar-refractivity contribution is -0.255. The van der Waals surface area contributed by atoms with Crippen molar-refractivity contribution in [3.8, 4) is 17.2 Å². The summed E-state index contributed by atoms with van der Waals surface area (Å²) < 4.78 is 20.9. The van der Waals surface area contributed by atoms with Crippen molar-refractivity contribution in [2.45, 2.75) is 155 Å². The summed E-state index contributed by atoms with van der Waals surface area (Å²) in [5, 5.41) is 24.6. The number of fused-ring (bicyclic) bond motifs is 2. The van der Waals surface area contributed by atoms with Gasteiger partial charge in [0.25, 0.3) is 0 Å². The van der Waals surface area contributed by atoms with Gasteiger partial charge in [-0.3, -0.25) is 4.79 Å². The Hall–Kier alpha value is -3.66. The Morgan fingerprint density at radius 2 is 1.58 bits per heavy atom. The molecule has 1 amide bonds. The first-order chi connectivity index (χ1) is 28.7. The molecule has 2 aromatic rings. The third-order valence-electron chi connectivity index (χ3n) is 13.0. The Morgan fingerprint density at radius 1 is 0.898 bits per heavy atom. The van der Waals surface area contributed by atoms with Crippen molar-refractivity contribution in [2.24, 2.45) is 22.9 Å². The molecule has 5 rings (SSSR count). The number of aliphatic hydroxyl groups is 2. The minimum Gasteiger partial charge on any atom is -0.459 e. The van der Waals surface area contributed by atoms with E-state index in [0.717, 1.165) is 91.0 Å². The van der Waals surface area contributed by atoms with Crippen LogP contribution in [0.4, 0.5) is 0 Å². The number of carbonyl (C=O) groups is 1. The maximum Gasteiger partial charge on any atom is 0.239 e. The number of benzene rings is 2. The highest BCUT2D eigenvalue weighted by Crippen LogP contribution is 2.62. The quantitative estimate of drug-likeness (QED) is 0.0553. The molecule has 1 heterocycles. The van der Waals surface area contributed by atoms with Gasteiger partial charge in [0, 0.05) is 44.6 Å². The summed E-state index contributed by atoms with van der Waals surface area (Å²) in [6, 6.07) is 11.8. The van der Waals surface area contributed by atoms with Crippen molar-refractivity contribution < 1.29 is 34.1 Å². The minimum atomic E-state index is -1.24. The molecular weight excluding hydrogens is 741 g/mol. The summed E-state index contributed by atoms with van der Waals surface area (Å²) in [5.74, 6) is 0.932. The van der Waals surface area contributed by atoms with Crippen molar-refractivity contribution in [1.29, 1.82) is 0 Å². The van der Waals surface area contributed by atoms with Crippen LogP contribution in [-0.4, -0.2) is 72.0 Å². The van der Waals surface area contributed by atoms with Crippen molar-refractivity contribution in [3.05, 3.63) is 77.4 Å². The van der Waals surface area contributed by atoms with Crippen molar-refractivity contribution in [2.75, 3.05) is 33.5 Å². The lowest BCUT2D eigenvalue weighted by atomic mass is 9.55. The number of amides is 1. The van der Waals surface area contributed by atoms with Crippen LogP contribution in [0.1, 0.15) is 146 Å². The van der Waals surface area contributed by atoms with Crippen LogP contribution < -0.4 is 9.47 Å². The monoisotopic (exact) mass is 815 g/mol. The fraction of sp³-hybridized carbons (Fsp3) is 0.640. The second-order valence-corrected chi connectivity index (χ2v) is 17.1. The molecule has 0 radical (unpaired) electrons. The smallest absolute Gasteiger partial charge is 0.239 e. The number of allylic oxidation sites excluding steroid dienone is 1. The maximum absolute atomic E-state index is 14.3. The molecule has 9 heteroatoms. The van der Waals surface area contributed by atoms with Crippen LogP contribution in [0.3, 0.4) is 0 Å². The number of unbranched alkanes of at least 4 members (excludes halogenated alkanes) is 10. The fourth-order valence-corrected chi connectivity index (χ4v) is 9.78. The second-order valence-electron chi connectivity index (χ2n) is 17.1. The Kier molecular flexibility index (Phi) is 18.4. The van der Waals surface area contributed by atoms with Gasteiger partial charge in [0.2, 0.25) is 11.7 Å². The molecule has 3 aliphatic rings. The van der Waals surface area contributed by atoms with Gasteiger partial charge in [-0.1, -0.05) is 94.5 Å². The summed E-state index contributed by atoms with van der Waals surface area (Å²) in [4.78, 5) is 22.0. The van der Waals surface area contributed by atoms with Crippen LogP contribution >= 0.6 is 0 Å². The number of rotatable bonds is 26. The molecule has 1 saturated carbocycles. The third-order valence-corrected chi connectivity index (χ3v) is 13.0. The molecule has 0 spiro atoms. The molecule has 0 bridgehead atoms. The molecule has 2 N–H and O–H groups in total. The maximum atomic E-state index is 14.3. The second kappa shape index (κ2) is 23.4. The number of oxime groups is 1. The molecule has 9 nitrogen and oxygen atoms in total. The van der Waals surface area contributed by atoms with E-state index in [-0.39, 0.29) is 49.4 Å². The zero-order valence-corrected chi connectivity index (χ0v) is 36.9. The normalized spacial score (nSPS) is 23.8. The van der Waals surface area contributed by atoms with Crippen LogP contribution in [0.25, 0.3) is 0 Å². The van der Waals surface area contributed by atoms with Crippen LogP contribution in [-0.2, 0) is 14.4 Å². The first-order valence-electron chi connectivity index (χ1n) is 22.9. The first-order valence-corrected chi connectivity index (χ1v) is 22.9. The minimum absolute atomic E-state index is 0.0722. The van der Waals surface area contributed by atoms with E-state index in [9.17, 15) is 15.0 Å². The number of aliphatic hydroxyl groups excluding tert-OH is 2. The Labute approximate surface area is 355 Å². The average Bonchev–Trinajstić information content (AvgIpc) is 3.23. The van der Waals surface area contributed by atoms with Gasteiger partial charge in [0.15, 0.2) is 0 Å². The number of hydrogen-bond acceptors (Lipinski definition) is 8. The van der Waals surface area contributed by atoms with Gasteiger partial charge >= 0.3 is 0 Å². The van der Waals surface area contributed by atoms with E-state index in [2.05, 4.69) is 51.6 Å². The predicted molar refractivity (Wildman–Crippen MR) is 237 cm³/mol. The number of ether oxygens (including phenoxy) is 3. The van der Waals surface area contributed by atoms with Crippen LogP contribution in [0.5, 0.6) is 17.2 Å². The molecule has 0 saturated heterocycles. The van der Waals surface area contributed by atoms with E-state index in [0.29, 0.717) is 25.9 Å². The highest BCUT2D eigenvalue weighted by Gasteiger charge is 2.65. The number of carbonyl (C=O) groups excluding carboxylic acids is 1. The molecule has 2 aromatic carbocycles. The molecule has 1 fully saturated rings. The summed E-state index contributed by atoms with van der Waals surface area (Å²) in [7, 11) is 1.90. The molecular formula is C50H74N2O7. The molecule has 2 aliphatic carbocycles. The van der Waals surface area contributed by atoms with Crippen LogP contribution in [0.15, 0.2) is 65.9 Å². The standard InChI is InChI=1S/C50H74N2O7/c1-7-10-11-12-13-14-15-16-17-24-47(55)52(6)46-35-44(51-57-9-3)42-33-38(22-18-20-29-53)41(23-19-21-30-54)48-43-34-40(58-39-26-25-36(4)37(5)32-39)27-28-45(43)59-50(46,49(42)48)56-31-8-2/h8,25-28,32-34,38,41,46,48-49,53-54H,2,7,9-24,29-31,35H2,1,3-6H3/t38-,41+,46-,48+,49+,50+/m0/s1. The summed E-state index contributed by atoms with van der Waals surface area (Å²) in [6.45, 7) is 13.4. The highest BCUT2D eigenvalue weighted by molar-refractivity contribution is 6.03. The van der Waals surface area contributed by atoms with E-state index < -0.39 is 11.8 Å². The highest BCUT2D eigenvalue weighted by atomic mass is 16.7. The average molecular weight is 815 g/mol. The van der Waals surface area contributed by atoms with Crippen LogP contribution in [0.2, 0.25) is 0 Å². The summed E-state index contributed by atoms with van der Waals surface area (Å²) in [5.41, 5.74) is 5.28. The lowest BCUT2D eigenvalue weighted by Gasteiger charge is -2.59. The first kappa shape index (κ1) is 46.4. The molecule has 59 heavy (non-hydrogen) atoms. The zero-order valence-electron chi connectivity index (χ0n) is 36.9. The Balaban J connectivity index is 1.59. The van der Waals surface area contributed by atoms with Gasteiger partial charge in [-0.25, -0.2) is 0 Å². The number of likely N-dealkylation sites (N-methyl/N-ethyl adjacent to an activating group) is 1. The van der Waals surface area contributed by atoms with Crippen molar-refractivity contribution >= 4 is 11.6 Å². The zero-order chi connectivity index (χ0) is 42.2. The van der Waals surface area contributed by atoms with Gasteiger partial charge in [-0.2, -0.15) is 0 Å². The molecule has 0 aromatic heterocycles. The van der Waals surface area contributed by atoms with Crippen molar-refractivity contribution in [3.63, 3.8) is 0 Å². The molecule has 326 valence electrons. The van der Waals surface area contributed by atoms with E-state index in [4.69, 9.17) is 24.2 Å². The molecule has 0 unspecified atom stereocenters. The number of aryl methyl sites for hydroxylation is 2. The van der Waals surface area contributed by atoms with Crippen LogP contribution in [0, 0.1) is 31.6 Å². The Bertz CT molecular complexity index is 1710. The van der Waals surface area contributed by atoms with Gasteiger partial charge in [-0.05, 0) is 112 Å². The SMILES string of the molecule is C=CCO[C@@]12Oc3ccc(Oc4ccc(C)c(C)c4)cc3[C@H]3[C@H](CCCCO)[C@@H](CCCCO)C=C(C(=NOCC)C[C@@H]1N(C)C(=O)CCCCCCCCCCC)[C@H]32. The molecule has 6 atom stereocenters. The van der Waals surface area contributed by atoms with Crippen molar-refractivity contribution in [1.82, 2.24) is 4.90 Å². The number of nitrogens with zero attached hydrogens (tertiary/aromatic N) is 2. The Morgan fingerprint density at radius 3 is 2.25 bits per heavy atom. The van der Waals surface area contributed by atoms with E-state index >= 15 is 0 Å². The van der Waals surface area contributed by atoms with Gasteiger partial charge in [-0.15, -0.1) is 6.58 Å². The van der Waals surface area contributed by atoms with E-state index in [1.807, 2.05) is 37.1 Å². The van der Waals surface area contributed by atoms with E-state index in [1.54, 1.807) is 6.08 Å². The summed E-state index contributed by atoms with van der Waals surface area (Å²) in [6.07, 6.45) is 20.7. The summed E-state index contributed by atoms with van der Waals surface area (Å²) >= 11 is 0. The van der Waals surface area contributed by atoms with Gasteiger partial charge in [0.1, 0.15) is 29.9 Å². The largest absolute Gasteiger partial charge is 0.459 e.